The predicted octanol–water partition coefficient (Wildman–Crippen LogP) is 3.27. The van der Waals surface area contributed by atoms with Gasteiger partial charge in [0.1, 0.15) is 6.10 Å². The Morgan fingerprint density at radius 2 is 1.89 bits per heavy atom. The second-order valence-corrected chi connectivity index (χ2v) is 7.09. The van der Waals surface area contributed by atoms with Crippen molar-refractivity contribution in [2.45, 2.75) is 50.4 Å². The smallest absolute Gasteiger partial charge is 0.193 e. The summed E-state index contributed by atoms with van der Waals surface area (Å²) in [6.07, 6.45) is 6.43. The number of ether oxygens (including phenoxy) is 4. The third-order valence-corrected chi connectivity index (χ3v) is 5.01. The van der Waals surface area contributed by atoms with Gasteiger partial charge in [-0.3, -0.25) is 4.99 Å². The molecule has 2 heterocycles. The Labute approximate surface area is 177 Å². The molecule has 150 valence electrons. The molecule has 1 unspecified atom stereocenters. The molecular weight excluding hydrogens is 461 g/mol. The monoisotopic (exact) mass is 489 g/mol. The van der Waals surface area contributed by atoms with Crippen molar-refractivity contribution < 1.29 is 18.9 Å². The van der Waals surface area contributed by atoms with Gasteiger partial charge in [0.2, 0.25) is 0 Å². The molecular formula is C19H28IN3O4. The van der Waals surface area contributed by atoms with E-state index in [1.807, 2.05) is 18.2 Å². The van der Waals surface area contributed by atoms with Gasteiger partial charge in [-0.15, -0.1) is 24.0 Å². The average Bonchev–Trinajstić information content (AvgIpc) is 2.88. The van der Waals surface area contributed by atoms with E-state index in [1.54, 1.807) is 0 Å². The highest BCUT2D eigenvalue weighted by atomic mass is 127. The summed E-state index contributed by atoms with van der Waals surface area (Å²) in [6.45, 7) is 2.40. The topological polar surface area (TPSA) is 87.3 Å². The quantitative estimate of drug-likeness (QED) is 0.385. The summed E-state index contributed by atoms with van der Waals surface area (Å²) in [4.78, 5) is 4.42. The van der Waals surface area contributed by atoms with E-state index in [2.05, 4.69) is 10.3 Å². The van der Waals surface area contributed by atoms with Gasteiger partial charge in [-0.2, -0.15) is 0 Å². The molecule has 7 nitrogen and oxygen atoms in total. The molecule has 3 N–H and O–H groups in total. The summed E-state index contributed by atoms with van der Waals surface area (Å²) >= 11 is 0. The lowest BCUT2D eigenvalue weighted by Gasteiger charge is -2.31. The molecule has 4 rings (SSSR count). The van der Waals surface area contributed by atoms with E-state index in [-0.39, 0.29) is 35.9 Å². The largest absolute Gasteiger partial charge is 0.490 e. The van der Waals surface area contributed by atoms with Crippen molar-refractivity contribution in [2.24, 2.45) is 10.7 Å². The van der Waals surface area contributed by atoms with E-state index in [1.165, 1.54) is 19.3 Å². The molecule has 1 aromatic rings. The molecule has 1 aliphatic carbocycles. The number of nitrogens with zero attached hydrogens (tertiary/aromatic N) is 1. The lowest BCUT2D eigenvalue weighted by atomic mass is 9.94. The van der Waals surface area contributed by atoms with Crippen LogP contribution >= 0.6 is 24.0 Å². The number of anilines is 1. The van der Waals surface area contributed by atoms with E-state index in [4.69, 9.17) is 24.7 Å². The summed E-state index contributed by atoms with van der Waals surface area (Å²) in [6, 6.07) is 5.67. The SMILES string of the molecule is I.NC(=NCC1COC2(CCCCC2)O1)Nc1ccc2c(c1)OCCCO2. The first-order chi connectivity index (χ1) is 12.7. The van der Waals surface area contributed by atoms with Crippen LogP contribution in [0.2, 0.25) is 0 Å². The van der Waals surface area contributed by atoms with E-state index in [0.717, 1.165) is 36.4 Å². The maximum atomic E-state index is 6.13. The molecule has 27 heavy (non-hydrogen) atoms. The third-order valence-electron chi connectivity index (χ3n) is 5.01. The van der Waals surface area contributed by atoms with Crippen molar-refractivity contribution in [2.75, 3.05) is 31.7 Å². The molecule has 0 aromatic heterocycles. The number of nitrogens with two attached hydrogens (primary N) is 1. The van der Waals surface area contributed by atoms with Gasteiger partial charge in [-0.1, -0.05) is 6.42 Å². The number of hydrogen-bond donors (Lipinski definition) is 2. The van der Waals surface area contributed by atoms with Crippen molar-refractivity contribution in [1.82, 2.24) is 0 Å². The fraction of sp³-hybridized carbons (Fsp3) is 0.632. The number of guanidine groups is 1. The number of hydrogen-bond acceptors (Lipinski definition) is 5. The Bertz CT molecular complexity index is 664. The Morgan fingerprint density at radius 1 is 1.11 bits per heavy atom. The highest BCUT2D eigenvalue weighted by molar-refractivity contribution is 14.0. The predicted molar refractivity (Wildman–Crippen MR) is 114 cm³/mol. The zero-order valence-electron chi connectivity index (χ0n) is 15.4. The summed E-state index contributed by atoms with van der Waals surface area (Å²) in [7, 11) is 0. The second-order valence-electron chi connectivity index (χ2n) is 7.09. The molecule has 2 fully saturated rings. The summed E-state index contributed by atoms with van der Waals surface area (Å²) in [5.74, 6) is 1.48. The van der Waals surface area contributed by atoms with E-state index in [9.17, 15) is 0 Å². The zero-order valence-corrected chi connectivity index (χ0v) is 17.8. The van der Waals surface area contributed by atoms with Crippen LogP contribution in [0, 0.1) is 0 Å². The van der Waals surface area contributed by atoms with Crippen LogP contribution in [0.3, 0.4) is 0 Å². The Balaban J connectivity index is 0.00000210. The highest BCUT2D eigenvalue weighted by Crippen LogP contribution is 2.37. The standard InChI is InChI=1S/C19H27N3O4.HI/c20-18(21-12-15-13-25-19(26-15)7-2-1-3-8-19)22-14-5-6-16-17(11-14)24-10-4-9-23-16;/h5-6,11,15H,1-4,7-10,12-13H2,(H3,20,21,22);1H. The zero-order chi connectivity index (χ0) is 17.8. The van der Waals surface area contributed by atoms with Crippen molar-refractivity contribution in [1.29, 1.82) is 0 Å². The van der Waals surface area contributed by atoms with Crippen molar-refractivity contribution in [3.63, 3.8) is 0 Å². The van der Waals surface area contributed by atoms with Gasteiger partial charge in [-0.25, -0.2) is 0 Å². The van der Waals surface area contributed by atoms with Crippen LogP contribution in [0.5, 0.6) is 11.5 Å². The van der Waals surface area contributed by atoms with Crippen LogP contribution in [0.4, 0.5) is 5.69 Å². The van der Waals surface area contributed by atoms with Crippen molar-refractivity contribution >= 4 is 35.6 Å². The molecule has 3 aliphatic rings. The normalized spacial score (nSPS) is 24.1. The lowest BCUT2D eigenvalue weighted by Crippen LogP contribution is -2.34. The molecule has 8 heteroatoms. The first-order valence-electron chi connectivity index (χ1n) is 9.51. The van der Waals surface area contributed by atoms with Gasteiger partial charge in [0, 0.05) is 31.0 Å². The number of benzene rings is 1. The molecule has 1 aromatic carbocycles. The summed E-state index contributed by atoms with van der Waals surface area (Å²) in [5.41, 5.74) is 6.85. The van der Waals surface area contributed by atoms with Crippen LogP contribution < -0.4 is 20.5 Å². The van der Waals surface area contributed by atoms with Crippen LogP contribution in [-0.4, -0.2) is 44.2 Å². The summed E-state index contributed by atoms with van der Waals surface area (Å²) < 4.78 is 23.4. The van der Waals surface area contributed by atoms with Gasteiger partial charge in [0.15, 0.2) is 23.2 Å². The van der Waals surface area contributed by atoms with Crippen molar-refractivity contribution in [3.8, 4) is 11.5 Å². The minimum Gasteiger partial charge on any atom is -0.490 e. The van der Waals surface area contributed by atoms with Crippen LogP contribution in [0.1, 0.15) is 38.5 Å². The maximum absolute atomic E-state index is 6.13. The second kappa shape index (κ2) is 9.29. The van der Waals surface area contributed by atoms with E-state index in [0.29, 0.717) is 32.3 Å². The molecule has 0 amide bonds. The molecule has 1 saturated heterocycles. The van der Waals surface area contributed by atoms with Gasteiger partial charge in [-0.05, 0) is 25.0 Å². The first kappa shape index (κ1) is 20.5. The van der Waals surface area contributed by atoms with Gasteiger partial charge in [0.05, 0.1) is 26.4 Å². The average molecular weight is 489 g/mol. The summed E-state index contributed by atoms with van der Waals surface area (Å²) in [5, 5.41) is 3.10. The Hall–Kier alpha value is -1.26. The molecule has 0 radical (unpaired) electrons. The number of halogens is 1. The van der Waals surface area contributed by atoms with Crippen LogP contribution in [0.15, 0.2) is 23.2 Å². The van der Waals surface area contributed by atoms with E-state index < -0.39 is 0 Å². The number of nitrogens with one attached hydrogen (secondary N) is 1. The van der Waals surface area contributed by atoms with Crippen LogP contribution in [0.25, 0.3) is 0 Å². The third kappa shape index (κ3) is 5.17. The Morgan fingerprint density at radius 3 is 2.70 bits per heavy atom. The highest BCUT2D eigenvalue weighted by Gasteiger charge is 2.42. The molecule has 1 saturated carbocycles. The molecule has 2 aliphatic heterocycles. The van der Waals surface area contributed by atoms with Crippen LogP contribution in [-0.2, 0) is 9.47 Å². The maximum Gasteiger partial charge on any atom is 0.193 e. The Kier molecular flexibility index (Phi) is 7.04. The lowest BCUT2D eigenvalue weighted by molar-refractivity contribution is -0.186. The molecule has 0 bridgehead atoms. The number of rotatable bonds is 3. The van der Waals surface area contributed by atoms with E-state index >= 15 is 0 Å². The fourth-order valence-electron chi connectivity index (χ4n) is 3.69. The minimum atomic E-state index is -0.366. The molecule has 1 spiro atoms. The molecule has 1 atom stereocenters. The minimum absolute atomic E-state index is 0. The number of fused-ring (bicyclic) bond motifs is 1. The number of aliphatic imine (C=N–C) groups is 1. The van der Waals surface area contributed by atoms with Gasteiger partial charge >= 0.3 is 0 Å². The van der Waals surface area contributed by atoms with Gasteiger partial charge in [0.25, 0.3) is 0 Å². The van der Waals surface area contributed by atoms with Gasteiger partial charge < -0.3 is 30.0 Å². The van der Waals surface area contributed by atoms with Crippen molar-refractivity contribution in [3.05, 3.63) is 18.2 Å². The fourth-order valence-corrected chi connectivity index (χ4v) is 3.69. The first-order valence-corrected chi connectivity index (χ1v) is 9.51.